The van der Waals surface area contributed by atoms with Gasteiger partial charge in [0, 0.05) is 35.8 Å². The summed E-state index contributed by atoms with van der Waals surface area (Å²) < 4.78 is 80.3. The number of halogens is 7. The van der Waals surface area contributed by atoms with Crippen LogP contribution in [0.25, 0.3) is 0 Å². The summed E-state index contributed by atoms with van der Waals surface area (Å²) in [6.07, 6.45) is -9.98. The molecule has 0 aliphatic carbocycles. The van der Waals surface area contributed by atoms with Gasteiger partial charge in [0.25, 0.3) is 5.91 Å². The number of carbonyl (C=O) groups excluding carboxylic acids is 2. The van der Waals surface area contributed by atoms with Crippen LogP contribution in [-0.2, 0) is 23.6 Å². The van der Waals surface area contributed by atoms with Gasteiger partial charge in [-0.05, 0) is 72.4 Å². The molecule has 0 aliphatic rings. The molecule has 0 heterocycles. The van der Waals surface area contributed by atoms with E-state index in [4.69, 9.17) is 11.6 Å². The molecule has 0 aromatic heterocycles. The van der Waals surface area contributed by atoms with Crippen LogP contribution in [0.15, 0.2) is 66.7 Å². The van der Waals surface area contributed by atoms with E-state index >= 15 is 0 Å². The highest BCUT2D eigenvalue weighted by molar-refractivity contribution is 6.30. The van der Waals surface area contributed by atoms with Crippen LogP contribution in [0.2, 0.25) is 5.02 Å². The minimum absolute atomic E-state index is 0.0278. The number of carbonyl (C=O) groups is 2. The van der Waals surface area contributed by atoms with Crippen LogP contribution in [-0.4, -0.2) is 29.8 Å². The summed E-state index contributed by atoms with van der Waals surface area (Å²) in [5.41, 5.74) is -1.55. The monoisotopic (exact) mass is 598 g/mol. The second kappa shape index (κ2) is 13.0. The van der Waals surface area contributed by atoms with Crippen LogP contribution in [0, 0.1) is 0 Å². The number of nitrogens with one attached hydrogen (secondary N) is 1. The van der Waals surface area contributed by atoms with Gasteiger partial charge in [-0.25, -0.2) is 0 Å². The molecule has 3 aromatic rings. The predicted octanol–water partition coefficient (Wildman–Crippen LogP) is 8.60. The van der Waals surface area contributed by atoms with Crippen molar-refractivity contribution >= 4 is 29.1 Å². The summed E-state index contributed by atoms with van der Waals surface area (Å²) in [6, 6.07) is 14.0. The fourth-order valence-corrected chi connectivity index (χ4v) is 4.37. The van der Waals surface area contributed by atoms with Crippen molar-refractivity contribution in [1.29, 1.82) is 0 Å². The van der Waals surface area contributed by atoms with E-state index in [1.165, 1.54) is 7.05 Å². The minimum atomic E-state index is -5.09. The molecule has 3 rings (SSSR count). The lowest BCUT2D eigenvalue weighted by Crippen LogP contribution is -2.39. The molecule has 1 N–H and O–H groups in total. The first-order chi connectivity index (χ1) is 19.0. The third-order valence-electron chi connectivity index (χ3n) is 6.65. The Bertz CT molecular complexity index is 1320. The normalized spacial score (nSPS) is 12.8. The lowest BCUT2D eigenvalue weighted by Gasteiger charge is -2.29. The summed E-state index contributed by atoms with van der Waals surface area (Å²) in [6.45, 7) is 4.07. The van der Waals surface area contributed by atoms with Gasteiger partial charge in [0.1, 0.15) is 0 Å². The van der Waals surface area contributed by atoms with Crippen LogP contribution in [0.1, 0.15) is 65.2 Å². The molecule has 2 amide bonds. The Balaban J connectivity index is 1.85. The van der Waals surface area contributed by atoms with E-state index in [1.54, 1.807) is 36.4 Å². The molecule has 0 fully saturated rings. The van der Waals surface area contributed by atoms with Gasteiger partial charge in [0.2, 0.25) is 5.91 Å². The third kappa shape index (κ3) is 8.98. The van der Waals surface area contributed by atoms with Crippen LogP contribution in [0.4, 0.5) is 32.0 Å². The fourth-order valence-electron chi connectivity index (χ4n) is 4.25. The first-order valence-electron chi connectivity index (χ1n) is 12.8. The van der Waals surface area contributed by atoms with Gasteiger partial charge in [-0.1, -0.05) is 49.7 Å². The van der Waals surface area contributed by atoms with Crippen molar-refractivity contribution in [3.63, 3.8) is 0 Å². The quantitative estimate of drug-likeness (QED) is 0.251. The van der Waals surface area contributed by atoms with Crippen molar-refractivity contribution in [3.8, 4) is 0 Å². The van der Waals surface area contributed by atoms with Crippen molar-refractivity contribution in [2.75, 3.05) is 12.4 Å². The number of amides is 2. The van der Waals surface area contributed by atoms with Gasteiger partial charge in [-0.2, -0.15) is 26.3 Å². The first-order valence-corrected chi connectivity index (χ1v) is 13.1. The number of benzene rings is 3. The molecular formula is C30H29ClF6N2O2. The Labute approximate surface area is 239 Å². The van der Waals surface area contributed by atoms with Crippen molar-refractivity contribution in [2.24, 2.45) is 0 Å². The van der Waals surface area contributed by atoms with E-state index in [-0.39, 0.29) is 31.2 Å². The predicted molar refractivity (Wildman–Crippen MR) is 146 cm³/mol. The molecule has 1 unspecified atom stereocenters. The van der Waals surface area contributed by atoms with Crippen LogP contribution < -0.4 is 5.32 Å². The van der Waals surface area contributed by atoms with Gasteiger partial charge >= 0.3 is 12.4 Å². The smallest absolute Gasteiger partial charge is 0.338 e. The average molecular weight is 599 g/mol. The highest BCUT2D eigenvalue weighted by atomic mass is 35.5. The van der Waals surface area contributed by atoms with Gasteiger partial charge in [-0.3, -0.25) is 9.59 Å². The highest BCUT2D eigenvalue weighted by Crippen LogP contribution is 2.36. The van der Waals surface area contributed by atoms with Crippen molar-refractivity contribution in [1.82, 2.24) is 4.90 Å². The Morgan fingerprint density at radius 3 is 1.88 bits per heavy atom. The molecule has 1 atom stereocenters. The number of likely N-dealkylation sites (N-methyl/N-ethyl adjacent to an activating group) is 1. The van der Waals surface area contributed by atoms with Crippen LogP contribution in [0.5, 0.6) is 0 Å². The molecule has 0 saturated carbocycles. The lowest BCUT2D eigenvalue weighted by atomic mass is 9.98. The number of hydrogen-bond donors (Lipinski definition) is 1. The highest BCUT2D eigenvalue weighted by Gasteiger charge is 2.38. The second-order valence-corrected chi connectivity index (χ2v) is 10.5. The molecule has 41 heavy (non-hydrogen) atoms. The second-order valence-electron chi connectivity index (χ2n) is 10.1. The molecule has 0 saturated heterocycles. The van der Waals surface area contributed by atoms with Crippen LogP contribution in [0.3, 0.4) is 0 Å². The van der Waals surface area contributed by atoms with E-state index in [9.17, 15) is 35.9 Å². The Hall–Kier alpha value is -3.53. The molecule has 0 bridgehead atoms. The number of hydrogen-bond acceptors (Lipinski definition) is 2. The summed E-state index contributed by atoms with van der Waals surface area (Å²) in [7, 11) is 1.29. The molecule has 4 nitrogen and oxygen atoms in total. The fraction of sp³-hybridized carbons (Fsp3) is 0.333. The van der Waals surface area contributed by atoms with Crippen LogP contribution >= 0.6 is 11.6 Å². The standard InChI is InChI=1S/C30H29ClF6N2O2/c1-18(2)20-6-10-25(11-7-20)38-27(40)13-12-26(14-19-4-8-24(31)9-5-19)39(3)28(41)21-15-22(29(32,33)34)17-23(16-21)30(35,36)37/h4-11,15-18,26H,12-14H2,1-3H3,(H,38,40). The Morgan fingerprint density at radius 1 is 0.854 bits per heavy atom. The minimum Gasteiger partial charge on any atom is -0.338 e. The molecule has 0 aliphatic heterocycles. The molecule has 3 aromatic carbocycles. The maximum Gasteiger partial charge on any atom is 0.416 e. The molecule has 0 radical (unpaired) electrons. The molecule has 11 heteroatoms. The van der Waals surface area contributed by atoms with Gasteiger partial charge in [-0.15, -0.1) is 0 Å². The number of nitrogens with zero attached hydrogens (tertiary/aromatic N) is 1. The SMILES string of the molecule is CC(C)c1ccc(NC(=O)CCC(Cc2ccc(Cl)cc2)N(C)C(=O)c2cc(C(F)(F)F)cc(C(F)(F)F)c2)cc1. The maximum absolute atomic E-state index is 13.4. The van der Waals surface area contributed by atoms with Gasteiger partial charge in [0.05, 0.1) is 11.1 Å². The molecular weight excluding hydrogens is 570 g/mol. The average Bonchev–Trinajstić information content (AvgIpc) is 2.90. The van der Waals surface area contributed by atoms with Gasteiger partial charge < -0.3 is 10.2 Å². The largest absolute Gasteiger partial charge is 0.416 e. The van der Waals surface area contributed by atoms with E-state index in [0.29, 0.717) is 34.3 Å². The summed E-state index contributed by atoms with van der Waals surface area (Å²) >= 11 is 5.95. The van der Waals surface area contributed by atoms with E-state index in [0.717, 1.165) is 10.5 Å². The van der Waals surface area contributed by atoms with Crippen molar-refractivity contribution < 1.29 is 35.9 Å². The van der Waals surface area contributed by atoms with E-state index in [2.05, 4.69) is 5.32 Å². The number of anilines is 1. The number of alkyl halides is 6. The summed E-state index contributed by atoms with van der Waals surface area (Å²) in [5.74, 6) is -1.08. The Kier molecular flexibility index (Phi) is 10.1. The van der Waals surface area contributed by atoms with E-state index in [1.807, 2.05) is 26.0 Å². The first kappa shape index (κ1) is 32.0. The Morgan fingerprint density at radius 2 is 1.39 bits per heavy atom. The maximum atomic E-state index is 13.4. The number of rotatable bonds is 9. The zero-order chi connectivity index (χ0) is 30.5. The zero-order valence-electron chi connectivity index (χ0n) is 22.5. The third-order valence-corrected chi connectivity index (χ3v) is 6.90. The van der Waals surface area contributed by atoms with Gasteiger partial charge in [0.15, 0.2) is 0 Å². The van der Waals surface area contributed by atoms with Crippen molar-refractivity contribution in [2.45, 2.75) is 57.4 Å². The lowest BCUT2D eigenvalue weighted by molar-refractivity contribution is -0.143. The summed E-state index contributed by atoms with van der Waals surface area (Å²) in [4.78, 5) is 27.1. The van der Waals surface area contributed by atoms with E-state index < -0.39 is 41.0 Å². The molecule has 0 spiro atoms. The summed E-state index contributed by atoms with van der Waals surface area (Å²) in [5, 5.41) is 3.23. The zero-order valence-corrected chi connectivity index (χ0v) is 23.3. The molecule has 220 valence electrons. The van der Waals surface area contributed by atoms with Crippen molar-refractivity contribution in [3.05, 3.63) is 99.6 Å². The topological polar surface area (TPSA) is 49.4 Å².